The predicted molar refractivity (Wildman–Crippen MR) is 39.0 cm³/mol. The van der Waals surface area contributed by atoms with E-state index in [2.05, 4.69) is 0 Å². The Labute approximate surface area is 75.0 Å². The zero-order valence-corrected chi connectivity index (χ0v) is 6.55. The Balaban J connectivity index is 3.54. The molecule has 0 aliphatic rings. The van der Waals surface area contributed by atoms with Crippen LogP contribution in [0.25, 0.3) is 0 Å². The second-order valence-corrected chi connectivity index (χ2v) is 2.40. The molecule has 2 N–H and O–H groups in total. The van der Waals surface area contributed by atoms with E-state index in [1.807, 2.05) is 0 Å². The number of aromatic carboxylic acids is 1. The SMILES string of the molecule is O=C(O)c1cc[nH]c(=O)c1C(F)(F)F. The van der Waals surface area contributed by atoms with Crippen LogP contribution in [0, 0.1) is 0 Å². The molecule has 4 nitrogen and oxygen atoms in total. The van der Waals surface area contributed by atoms with E-state index in [-0.39, 0.29) is 0 Å². The zero-order chi connectivity index (χ0) is 10.9. The van der Waals surface area contributed by atoms with Crippen LogP contribution in [0.1, 0.15) is 15.9 Å². The van der Waals surface area contributed by atoms with Crippen molar-refractivity contribution in [3.63, 3.8) is 0 Å². The molecule has 0 saturated carbocycles. The Morgan fingerprint density at radius 2 is 2.00 bits per heavy atom. The van der Waals surface area contributed by atoms with Gasteiger partial charge in [0.15, 0.2) is 0 Å². The van der Waals surface area contributed by atoms with Crippen molar-refractivity contribution < 1.29 is 23.1 Å². The van der Waals surface area contributed by atoms with Crippen LogP contribution in [0.2, 0.25) is 0 Å². The summed E-state index contributed by atoms with van der Waals surface area (Å²) in [6, 6.07) is 0.687. The molecule has 0 saturated heterocycles. The number of aromatic amines is 1. The molecular formula is C7H4F3NO3. The normalized spacial score (nSPS) is 11.4. The third-order valence-electron chi connectivity index (χ3n) is 1.47. The summed E-state index contributed by atoms with van der Waals surface area (Å²) >= 11 is 0. The summed E-state index contributed by atoms with van der Waals surface area (Å²) in [6.45, 7) is 0. The minimum absolute atomic E-state index is 0.687. The number of nitrogens with one attached hydrogen (secondary N) is 1. The summed E-state index contributed by atoms with van der Waals surface area (Å²) in [5.74, 6) is -1.79. The molecule has 1 rings (SSSR count). The third-order valence-corrected chi connectivity index (χ3v) is 1.47. The number of carboxylic acid groups (broad SMARTS) is 1. The predicted octanol–water partition coefficient (Wildman–Crippen LogP) is 1.09. The Kier molecular flexibility index (Phi) is 2.33. The van der Waals surface area contributed by atoms with E-state index >= 15 is 0 Å². The van der Waals surface area contributed by atoms with Crippen molar-refractivity contribution in [1.29, 1.82) is 0 Å². The lowest BCUT2D eigenvalue weighted by Gasteiger charge is -2.07. The lowest BCUT2D eigenvalue weighted by atomic mass is 10.1. The van der Waals surface area contributed by atoms with Crippen molar-refractivity contribution in [2.45, 2.75) is 6.18 Å². The molecule has 0 spiro atoms. The van der Waals surface area contributed by atoms with Crippen molar-refractivity contribution in [3.8, 4) is 0 Å². The molecule has 1 aromatic heterocycles. The van der Waals surface area contributed by atoms with Crippen molar-refractivity contribution in [2.75, 3.05) is 0 Å². The van der Waals surface area contributed by atoms with Gasteiger partial charge in [-0.1, -0.05) is 0 Å². The topological polar surface area (TPSA) is 70.2 Å². The number of carboxylic acids is 1. The van der Waals surface area contributed by atoms with Crippen LogP contribution in [0.5, 0.6) is 0 Å². The highest BCUT2D eigenvalue weighted by molar-refractivity contribution is 5.89. The molecule has 0 aromatic carbocycles. The van der Waals surface area contributed by atoms with Gasteiger partial charge in [0.25, 0.3) is 5.56 Å². The highest BCUT2D eigenvalue weighted by Crippen LogP contribution is 2.28. The average Bonchev–Trinajstić information content (AvgIpc) is 2.01. The largest absolute Gasteiger partial charge is 0.478 e. The van der Waals surface area contributed by atoms with E-state index < -0.39 is 28.8 Å². The van der Waals surface area contributed by atoms with Crippen LogP contribution in [-0.4, -0.2) is 16.1 Å². The summed E-state index contributed by atoms with van der Waals surface area (Å²) < 4.78 is 36.6. The van der Waals surface area contributed by atoms with Crippen LogP contribution in [0.4, 0.5) is 13.2 Å². The second kappa shape index (κ2) is 3.17. The lowest BCUT2D eigenvalue weighted by molar-refractivity contribution is -0.139. The van der Waals surface area contributed by atoms with Crippen LogP contribution < -0.4 is 5.56 Å². The van der Waals surface area contributed by atoms with Crippen LogP contribution in [-0.2, 0) is 6.18 Å². The highest BCUT2D eigenvalue weighted by Gasteiger charge is 2.38. The summed E-state index contributed by atoms with van der Waals surface area (Å²) in [5, 5.41) is 8.40. The van der Waals surface area contributed by atoms with Gasteiger partial charge in [0.1, 0.15) is 5.56 Å². The number of hydrogen-bond acceptors (Lipinski definition) is 2. The number of pyridine rings is 1. The first-order valence-corrected chi connectivity index (χ1v) is 3.36. The molecule has 0 fully saturated rings. The number of rotatable bonds is 1. The number of H-pyrrole nitrogens is 1. The van der Waals surface area contributed by atoms with Crippen molar-refractivity contribution >= 4 is 5.97 Å². The molecule has 0 aliphatic heterocycles. The van der Waals surface area contributed by atoms with Crippen molar-refractivity contribution in [1.82, 2.24) is 4.98 Å². The fourth-order valence-corrected chi connectivity index (χ4v) is 0.938. The Morgan fingerprint density at radius 3 is 2.36 bits per heavy atom. The monoisotopic (exact) mass is 207 g/mol. The maximum Gasteiger partial charge on any atom is 0.422 e. The summed E-state index contributed by atoms with van der Waals surface area (Å²) in [5.41, 5.74) is -4.20. The van der Waals surface area contributed by atoms with Crippen LogP contribution >= 0.6 is 0 Å². The first-order chi connectivity index (χ1) is 6.34. The average molecular weight is 207 g/mol. The summed E-state index contributed by atoms with van der Waals surface area (Å²) in [7, 11) is 0. The van der Waals surface area contributed by atoms with E-state index in [9.17, 15) is 22.8 Å². The van der Waals surface area contributed by atoms with Crippen molar-refractivity contribution in [3.05, 3.63) is 33.7 Å². The van der Waals surface area contributed by atoms with Gasteiger partial charge in [0.2, 0.25) is 0 Å². The van der Waals surface area contributed by atoms with E-state index in [1.165, 1.54) is 0 Å². The minimum atomic E-state index is -4.97. The zero-order valence-electron chi connectivity index (χ0n) is 6.55. The molecule has 0 bridgehead atoms. The Bertz CT molecular complexity index is 421. The molecule has 1 aromatic rings. The number of alkyl halides is 3. The first-order valence-electron chi connectivity index (χ1n) is 3.36. The van der Waals surface area contributed by atoms with Gasteiger partial charge in [-0.3, -0.25) is 4.79 Å². The van der Waals surface area contributed by atoms with E-state index in [1.54, 1.807) is 4.98 Å². The number of aromatic nitrogens is 1. The van der Waals surface area contributed by atoms with Gasteiger partial charge < -0.3 is 10.1 Å². The maximum atomic E-state index is 12.2. The molecule has 76 valence electrons. The number of carbonyl (C=O) groups is 1. The molecule has 7 heteroatoms. The van der Waals surface area contributed by atoms with Gasteiger partial charge in [-0.05, 0) is 6.07 Å². The fourth-order valence-electron chi connectivity index (χ4n) is 0.938. The number of halogens is 3. The van der Waals surface area contributed by atoms with Gasteiger partial charge in [0.05, 0.1) is 5.56 Å². The lowest BCUT2D eigenvalue weighted by Crippen LogP contribution is -2.25. The smallest absolute Gasteiger partial charge is 0.422 e. The standard InChI is InChI=1S/C7H4F3NO3/c8-7(9,10)4-3(6(13)14)1-2-11-5(4)12/h1-2H,(H,11,12)(H,13,14). The van der Waals surface area contributed by atoms with Gasteiger partial charge in [-0.15, -0.1) is 0 Å². The molecule has 0 radical (unpaired) electrons. The summed E-state index contributed by atoms with van der Waals surface area (Å²) in [6.07, 6.45) is -4.12. The molecule has 1 heterocycles. The Hall–Kier alpha value is -1.79. The second-order valence-electron chi connectivity index (χ2n) is 2.40. The third kappa shape index (κ3) is 1.76. The number of hydrogen-bond donors (Lipinski definition) is 2. The van der Waals surface area contributed by atoms with E-state index in [4.69, 9.17) is 5.11 Å². The van der Waals surface area contributed by atoms with Crippen LogP contribution in [0.15, 0.2) is 17.1 Å². The van der Waals surface area contributed by atoms with E-state index in [0.717, 1.165) is 6.20 Å². The van der Waals surface area contributed by atoms with Gasteiger partial charge in [-0.25, -0.2) is 4.79 Å². The first kappa shape index (κ1) is 10.3. The molecule has 0 unspecified atom stereocenters. The summed E-state index contributed by atoms with van der Waals surface area (Å²) in [4.78, 5) is 22.9. The minimum Gasteiger partial charge on any atom is -0.478 e. The molecule has 0 amide bonds. The van der Waals surface area contributed by atoms with Crippen molar-refractivity contribution in [2.24, 2.45) is 0 Å². The molecule has 14 heavy (non-hydrogen) atoms. The van der Waals surface area contributed by atoms with Crippen LogP contribution in [0.3, 0.4) is 0 Å². The Morgan fingerprint density at radius 1 is 1.43 bits per heavy atom. The van der Waals surface area contributed by atoms with Gasteiger partial charge >= 0.3 is 12.1 Å². The van der Waals surface area contributed by atoms with E-state index in [0.29, 0.717) is 6.07 Å². The van der Waals surface area contributed by atoms with Gasteiger partial charge in [-0.2, -0.15) is 13.2 Å². The molecule has 0 atom stereocenters. The quantitative estimate of drug-likeness (QED) is 0.724. The fraction of sp³-hybridized carbons (Fsp3) is 0.143. The maximum absolute atomic E-state index is 12.2. The van der Waals surface area contributed by atoms with Gasteiger partial charge in [0, 0.05) is 6.20 Å². The molecular weight excluding hydrogens is 203 g/mol. The highest BCUT2D eigenvalue weighted by atomic mass is 19.4. The molecule has 0 aliphatic carbocycles.